The van der Waals surface area contributed by atoms with E-state index >= 15 is 0 Å². The highest BCUT2D eigenvalue weighted by Gasteiger charge is 2.44. The summed E-state index contributed by atoms with van der Waals surface area (Å²) in [7, 11) is 1.88. The molecule has 2 heterocycles. The van der Waals surface area contributed by atoms with Crippen LogP contribution in [-0.2, 0) is 4.74 Å². The van der Waals surface area contributed by atoms with Gasteiger partial charge in [0.2, 0.25) is 0 Å². The summed E-state index contributed by atoms with van der Waals surface area (Å²) in [5.41, 5.74) is 0.225. The van der Waals surface area contributed by atoms with Crippen molar-refractivity contribution in [3.8, 4) is 0 Å². The molecule has 0 amide bonds. The molecule has 2 aliphatic heterocycles. The van der Waals surface area contributed by atoms with E-state index < -0.39 is 0 Å². The van der Waals surface area contributed by atoms with Gasteiger partial charge in [0.1, 0.15) is 0 Å². The van der Waals surface area contributed by atoms with Crippen LogP contribution in [0.3, 0.4) is 0 Å². The largest absolute Gasteiger partial charge is 0.381 e. The Morgan fingerprint density at radius 1 is 1.03 bits per heavy atom. The van der Waals surface area contributed by atoms with Crippen molar-refractivity contribution in [1.82, 2.24) is 15.5 Å². The second-order valence-corrected chi connectivity index (χ2v) is 9.95. The molecular weight excluding hydrogens is 495 g/mol. The van der Waals surface area contributed by atoms with E-state index in [-0.39, 0.29) is 29.5 Å². The molecule has 29 heavy (non-hydrogen) atoms. The van der Waals surface area contributed by atoms with E-state index in [4.69, 9.17) is 4.74 Å². The van der Waals surface area contributed by atoms with Crippen molar-refractivity contribution < 1.29 is 4.74 Å². The molecule has 1 aliphatic carbocycles. The molecule has 3 fully saturated rings. The average Bonchev–Trinajstić information content (AvgIpc) is 3.27. The molecule has 0 unspecified atom stereocenters. The third kappa shape index (κ3) is 6.02. The normalized spacial score (nSPS) is 23.3. The molecule has 1 saturated carbocycles. The van der Waals surface area contributed by atoms with Crippen LogP contribution < -0.4 is 10.6 Å². The summed E-state index contributed by atoms with van der Waals surface area (Å²) in [4.78, 5) is 8.56. The maximum atomic E-state index is 5.67. The van der Waals surface area contributed by atoms with E-state index in [2.05, 4.69) is 50.9 Å². The Labute approximate surface area is 196 Å². The summed E-state index contributed by atoms with van der Waals surface area (Å²) < 4.78 is 6.00. The summed E-state index contributed by atoms with van der Waals surface area (Å²) in [6, 6.07) is 10.8. The van der Waals surface area contributed by atoms with Crippen molar-refractivity contribution in [1.29, 1.82) is 0 Å². The number of nitrogens with one attached hydrogen (secondary N) is 2. The predicted molar refractivity (Wildman–Crippen MR) is 133 cm³/mol. The lowest BCUT2D eigenvalue weighted by Gasteiger charge is -2.45. The Morgan fingerprint density at radius 2 is 1.69 bits per heavy atom. The lowest BCUT2D eigenvalue weighted by atomic mass is 9.88. The zero-order valence-corrected chi connectivity index (χ0v) is 20.6. The van der Waals surface area contributed by atoms with Crippen LogP contribution in [-0.4, -0.2) is 67.6 Å². The monoisotopic (exact) mass is 530 g/mol. The van der Waals surface area contributed by atoms with Crippen molar-refractivity contribution in [2.24, 2.45) is 4.99 Å². The lowest BCUT2D eigenvalue weighted by molar-refractivity contribution is -0.0164. The Kier molecular flexibility index (Phi) is 8.53. The molecule has 7 heteroatoms. The number of halogens is 1. The van der Waals surface area contributed by atoms with Crippen LogP contribution in [0.2, 0.25) is 0 Å². The number of ether oxygens (including phenoxy) is 1. The first-order valence-electron chi connectivity index (χ1n) is 10.8. The summed E-state index contributed by atoms with van der Waals surface area (Å²) >= 11 is 2.01. The molecule has 2 saturated heterocycles. The molecule has 0 bridgehead atoms. The van der Waals surface area contributed by atoms with Crippen LogP contribution in [0.15, 0.2) is 40.2 Å². The van der Waals surface area contributed by atoms with Gasteiger partial charge in [0.25, 0.3) is 0 Å². The van der Waals surface area contributed by atoms with Gasteiger partial charge >= 0.3 is 0 Å². The van der Waals surface area contributed by atoms with Crippen LogP contribution in [0.5, 0.6) is 0 Å². The van der Waals surface area contributed by atoms with E-state index in [1.807, 2.05) is 18.8 Å². The molecule has 0 atom stereocenters. The first kappa shape index (κ1) is 23.2. The standard InChI is InChI=1S/C22H34N4OS.HI/c1-23-20(25-18-22(9-10-22)28-19-7-3-2-4-8-19)24-17-21(11-15-27-16-12-21)26-13-5-6-14-26;/h2-4,7-8H,5-6,9-18H2,1H3,(H2,23,24,25);1H. The zero-order valence-electron chi connectivity index (χ0n) is 17.5. The Morgan fingerprint density at radius 3 is 2.31 bits per heavy atom. The smallest absolute Gasteiger partial charge is 0.191 e. The molecule has 5 nitrogen and oxygen atoms in total. The summed E-state index contributed by atoms with van der Waals surface area (Å²) in [6.45, 7) is 6.12. The molecule has 2 N–H and O–H groups in total. The first-order chi connectivity index (χ1) is 13.7. The van der Waals surface area contributed by atoms with E-state index in [0.717, 1.165) is 45.1 Å². The summed E-state index contributed by atoms with van der Waals surface area (Å²) in [5, 5.41) is 7.26. The topological polar surface area (TPSA) is 48.9 Å². The molecular formula is C22H35IN4OS. The summed E-state index contributed by atoms with van der Waals surface area (Å²) in [5.74, 6) is 0.935. The highest BCUT2D eigenvalue weighted by Crippen LogP contribution is 2.51. The third-order valence-corrected chi connectivity index (χ3v) is 7.97. The molecule has 0 spiro atoms. The minimum atomic E-state index is 0. The SMILES string of the molecule is CN=C(NCC1(Sc2ccccc2)CC1)NCC1(N2CCCC2)CCOCC1.I. The fourth-order valence-corrected chi connectivity index (χ4v) is 5.70. The van der Waals surface area contributed by atoms with Gasteiger partial charge in [-0.3, -0.25) is 9.89 Å². The number of guanidine groups is 1. The minimum Gasteiger partial charge on any atom is -0.381 e. The van der Waals surface area contributed by atoms with Gasteiger partial charge in [0.05, 0.1) is 0 Å². The minimum absolute atomic E-state index is 0. The highest BCUT2D eigenvalue weighted by atomic mass is 127. The fraction of sp³-hybridized carbons (Fsp3) is 0.682. The van der Waals surface area contributed by atoms with Crippen molar-refractivity contribution in [3.63, 3.8) is 0 Å². The number of hydrogen-bond donors (Lipinski definition) is 2. The Balaban J connectivity index is 0.00000240. The van der Waals surface area contributed by atoms with Gasteiger partial charge in [0, 0.05) is 48.5 Å². The van der Waals surface area contributed by atoms with E-state index in [9.17, 15) is 0 Å². The van der Waals surface area contributed by atoms with Gasteiger partial charge in [-0.1, -0.05) is 18.2 Å². The van der Waals surface area contributed by atoms with Gasteiger partial charge in [0.15, 0.2) is 5.96 Å². The van der Waals surface area contributed by atoms with Gasteiger partial charge in [-0.05, 0) is 63.7 Å². The maximum absolute atomic E-state index is 5.67. The molecule has 0 aromatic heterocycles. The molecule has 1 aromatic rings. The van der Waals surface area contributed by atoms with Crippen LogP contribution >= 0.6 is 35.7 Å². The predicted octanol–water partition coefficient (Wildman–Crippen LogP) is 3.74. The number of rotatable bonds is 7. The number of nitrogens with zero attached hydrogens (tertiary/aromatic N) is 2. The molecule has 0 radical (unpaired) electrons. The molecule has 4 rings (SSSR count). The van der Waals surface area contributed by atoms with E-state index in [1.54, 1.807) is 0 Å². The van der Waals surface area contributed by atoms with Crippen molar-refractivity contribution in [2.75, 3.05) is 46.4 Å². The number of aliphatic imine (C=N–C) groups is 1. The van der Waals surface area contributed by atoms with Crippen molar-refractivity contribution in [2.45, 2.75) is 53.7 Å². The van der Waals surface area contributed by atoms with Crippen LogP contribution in [0, 0.1) is 0 Å². The number of benzene rings is 1. The molecule has 162 valence electrons. The fourth-order valence-electron chi connectivity index (χ4n) is 4.45. The van der Waals surface area contributed by atoms with Crippen molar-refractivity contribution >= 4 is 41.7 Å². The number of likely N-dealkylation sites (tertiary alicyclic amines) is 1. The van der Waals surface area contributed by atoms with Crippen LogP contribution in [0.1, 0.15) is 38.5 Å². The molecule has 3 aliphatic rings. The number of thioether (sulfide) groups is 1. The summed E-state index contributed by atoms with van der Waals surface area (Å²) in [6.07, 6.45) is 7.43. The highest BCUT2D eigenvalue weighted by molar-refractivity contribution is 14.0. The second-order valence-electron chi connectivity index (χ2n) is 8.41. The average molecular weight is 531 g/mol. The van der Waals surface area contributed by atoms with Gasteiger partial charge in [-0.25, -0.2) is 0 Å². The Hall–Kier alpha value is -0.510. The first-order valence-corrected chi connectivity index (χ1v) is 11.6. The van der Waals surface area contributed by atoms with Crippen LogP contribution in [0.4, 0.5) is 0 Å². The van der Waals surface area contributed by atoms with E-state index in [1.165, 1.54) is 43.7 Å². The zero-order chi connectivity index (χ0) is 19.3. The third-order valence-electron chi connectivity index (χ3n) is 6.47. The van der Waals surface area contributed by atoms with Gasteiger partial charge in [-0.15, -0.1) is 35.7 Å². The van der Waals surface area contributed by atoms with Crippen molar-refractivity contribution in [3.05, 3.63) is 30.3 Å². The second kappa shape index (κ2) is 10.7. The quantitative estimate of drug-likeness (QED) is 0.320. The maximum Gasteiger partial charge on any atom is 0.191 e. The van der Waals surface area contributed by atoms with Crippen LogP contribution in [0.25, 0.3) is 0 Å². The van der Waals surface area contributed by atoms with Gasteiger partial charge < -0.3 is 15.4 Å². The molecule has 1 aromatic carbocycles. The lowest BCUT2D eigenvalue weighted by Crippen LogP contribution is -2.58. The number of hydrogen-bond acceptors (Lipinski definition) is 4. The van der Waals surface area contributed by atoms with Gasteiger partial charge in [-0.2, -0.15) is 0 Å². The Bertz CT molecular complexity index is 656. The van der Waals surface area contributed by atoms with E-state index in [0.29, 0.717) is 4.75 Å².